The summed E-state index contributed by atoms with van der Waals surface area (Å²) in [6.07, 6.45) is 0.858. The highest BCUT2D eigenvalue weighted by Gasteiger charge is 2.43. The first-order chi connectivity index (χ1) is 21.4. The van der Waals surface area contributed by atoms with Crippen molar-refractivity contribution in [3.8, 4) is 0 Å². The number of sulfonamides is 2. The minimum Gasteiger partial charge on any atom is -0.382 e. The summed E-state index contributed by atoms with van der Waals surface area (Å²) in [6.45, 7) is 11.0. The number of halogens is 2. The number of anilines is 2. The van der Waals surface area contributed by atoms with Crippen LogP contribution in [-0.4, -0.2) is 47.9 Å². The van der Waals surface area contributed by atoms with Gasteiger partial charge in [-0.2, -0.15) is 20.5 Å². The van der Waals surface area contributed by atoms with E-state index in [1.54, 1.807) is 62.4 Å². The zero-order chi connectivity index (χ0) is 32.3. The fraction of sp³-hybridized carbons (Fsp3) is 0.312. The molecule has 3 aromatic carbocycles. The Kier molecular flexibility index (Phi) is 8.92. The Labute approximate surface area is 282 Å². The molecule has 0 saturated carbocycles. The first-order valence-corrected chi connectivity index (χ1v) is 19.9. The number of hydrogen-bond donors (Lipinski definition) is 1. The van der Waals surface area contributed by atoms with E-state index < -0.39 is 20.0 Å². The fourth-order valence-corrected chi connectivity index (χ4v) is 14.0. The topological polar surface area (TPSA) is 86.8 Å². The molecule has 0 aliphatic carbocycles. The van der Waals surface area contributed by atoms with Gasteiger partial charge in [0.2, 0.25) is 0 Å². The molecule has 1 unspecified atom stereocenters. The standard InChI is InChI=1S/C32H33Cl2N3O4S4/c1-5-36(6-2)15-14-21-18-35-30-24(21)8-7-9-27(30)37(44(38,39)31-19(3)25-16-22(33)10-12-28(25)42-31)45(40,41)32-20(4)26-17-23(34)11-13-29(26)43-32/h7-13,16-17,21,35H,5-6,14-15,18H2,1-4H3. The summed E-state index contributed by atoms with van der Waals surface area (Å²) >= 11 is 14.6. The lowest BCUT2D eigenvalue weighted by molar-refractivity contribution is 0.292. The zero-order valence-corrected chi connectivity index (χ0v) is 30.0. The van der Waals surface area contributed by atoms with Crippen molar-refractivity contribution < 1.29 is 16.8 Å². The van der Waals surface area contributed by atoms with Crippen molar-refractivity contribution >= 4 is 97.5 Å². The largest absolute Gasteiger partial charge is 0.382 e. The van der Waals surface area contributed by atoms with Crippen molar-refractivity contribution in [1.82, 2.24) is 4.90 Å². The van der Waals surface area contributed by atoms with Gasteiger partial charge in [0, 0.05) is 31.9 Å². The predicted molar refractivity (Wildman–Crippen MR) is 190 cm³/mol. The molecule has 1 atom stereocenters. The summed E-state index contributed by atoms with van der Waals surface area (Å²) in [4.78, 5) is 2.34. The van der Waals surface area contributed by atoms with Gasteiger partial charge in [0.05, 0.1) is 11.4 Å². The van der Waals surface area contributed by atoms with E-state index in [0.29, 0.717) is 57.3 Å². The second-order valence-electron chi connectivity index (χ2n) is 11.2. The fourth-order valence-electron chi connectivity index (χ4n) is 6.09. The van der Waals surface area contributed by atoms with Crippen molar-refractivity contribution in [3.63, 3.8) is 0 Å². The van der Waals surface area contributed by atoms with Crippen molar-refractivity contribution in [2.45, 2.75) is 48.5 Å². The molecule has 0 saturated heterocycles. The van der Waals surface area contributed by atoms with Crippen LogP contribution in [0.2, 0.25) is 10.0 Å². The van der Waals surface area contributed by atoms with Crippen LogP contribution in [-0.2, 0) is 20.0 Å². The highest BCUT2D eigenvalue weighted by atomic mass is 35.5. The molecule has 3 heterocycles. The smallest absolute Gasteiger partial charge is 0.287 e. The lowest BCUT2D eigenvalue weighted by Gasteiger charge is -2.26. The quantitative estimate of drug-likeness (QED) is 0.155. The van der Waals surface area contributed by atoms with Crippen molar-refractivity contribution in [3.05, 3.63) is 81.3 Å². The summed E-state index contributed by atoms with van der Waals surface area (Å²) in [6, 6.07) is 15.6. The molecular formula is C32H33Cl2N3O4S4. The van der Waals surface area contributed by atoms with Crippen LogP contribution in [0, 0.1) is 13.8 Å². The van der Waals surface area contributed by atoms with Crippen molar-refractivity contribution in [2.24, 2.45) is 0 Å². The summed E-state index contributed by atoms with van der Waals surface area (Å²) in [5, 5.41) is 5.67. The summed E-state index contributed by atoms with van der Waals surface area (Å²) in [5.41, 5.74) is 2.43. The van der Waals surface area contributed by atoms with Crippen molar-refractivity contribution in [1.29, 1.82) is 0 Å². The third-order valence-corrected chi connectivity index (χ3v) is 16.9. The van der Waals surface area contributed by atoms with E-state index in [-0.39, 0.29) is 20.0 Å². The maximum Gasteiger partial charge on any atom is 0.287 e. The highest BCUT2D eigenvalue weighted by molar-refractivity contribution is 8.12. The number of nitrogens with one attached hydrogen (secondary N) is 1. The van der Waals surface area contributed by atoms with Crippen LogP contribution in [0.1, 0.15) is 42.9 Å². The third-order valence-electron chi connectivity index (χ3n) is 8.54. The van der Waals surface area contributed by atoms with Gasteiger partial charge in [-0.3, -0.25) is 0 Å². The Hall–Kier alpha value is -2.38. The number of aryl methyl sites for hydroxylation is 2. The normalized spacial score (nSPS) is 15.2. The summed E-state index contributed by atoms with van der Waals surface area (Å²) < 4.78 is 61.4. The monoisotopic (exact) mass is 721 g/mol. The summed E-state index contributed by atoms with van der Waals surface area (Å²) in [5.74, 6) is 0.106. The van der Waals surface area contributed by atoms with Crippen LogP contribution in [0.4, 0.5) is 11.4 Å². The van der Waals surface area contributed by atoms with Crippen LogP contribution in [0.25, 0.3) is 20.2 Å². The third kappa shape index (κ3) is 5.64. The van der Waals surface area contributed by atoms with Gasteiger partial charge >= 0.3 is 0 Å². The van der Waals surface area contributed by atoms with Gasteiger partial charge in [-0.15, -0.1) is 22.7 Å². The molecule has 1 aliphatic heterocycles. The van der Waals surface area contributed by atoms with Gasteiger partial charge in [0.15, 0.2) is 0 Å². The van der Waals surface area contributed by atoms with E-state index in [9.17, 15) is 16.8 Å². The molecule has 0 amide bonds. The minimum absolute atomic E-state index is 0.0427. The molecular weight excluding hydrogens is 690 g/mol. The van der Waals surface area contributed by atoms with Gasteiger partial charge in [-0.1, -0.05) is 49.2 Å². The Morgan fingerprint density at radius 1 is 0.822 bits per heavy atom. The number of para-hydroxylation sites is 1. The molecule has 1 aliphatic rings. The van der Waals surface area contributed by atoms with Crippen LogP contribution >= 0.6 is 45.9 Å². The average molecular weight is 723 g/mol. The zero-order valence-electron chi connectivity index (χ0n) is 25.2. The van der Waals surface area contributed by atoms with E-state index in [1.165, 1.54) is 0 Å². The van der Waals surface area contributed by atoms with Gasteiger partial charge < -0.3 is 10.2 Å². The highest BCUT2D eigenvalue weighted by Crippen LogP contribution is 2.48. The van der Waals surface area contributed by atoms with E-state index in [0.717, 1.165) is 54.3 Å². The molecule has 1 N–H and O–H groups in total. The molecule has 45 heavy (non-hydrogen) atoms. The first-order valence-electron chi connectivity index (χ1n) is 14.6. The second-order valence-corrected chi connectivity index (χ2v) is 18.3. The SMILES string of the molecule is CCN(CC)CCC1CNc2c1cccc2N(S(=O)(=O)c1sc2ccc(Cl)cc2c1C)S(=O)(=O)c1sc2ccc(Cl)cc2c1C. The Balaban J connectivity index is 1.56. The second kappa shape index (κ2) is 12.3. The van der Waals surface area contributed by atoms with Gasteiger partial charge in [0.1, 0.15) is 8.42 Å². The average Bonchev–Trinajstić information content (AvgIpc) is 3.68. The van der Waals surface area contributed by atoms with E-state index in [4.69, 9.17) is 23.2 Å². The molecule has 238 valence electrons. The number of fused-ring (bicyclic) bond motifs is 3. The molecule has 0 spiro atoms. The minimum atomic E-state index is -4.65. The Morgan fingerprint density at radius 2 is 1.36 bits per heavy atom. The van der Waals surface area contributed by atoms with Gasteiger partial charge in [-0.05, 0) is 110 Å². The number of rotatable bonds is 10. The number of thiophene rings is 2. The van der Waals surface area contributed by atoms with Crippen LogP contribution in [0.3, 0.4) is 0 Å². The van der Waals surface area contributed by atoms with Crippen LogP contribution < -0.4 is 9.03 Å². The molecule has 0 radical (unpaired) electrons. The molecule has 2 aromatic heterocycles. The Morgan fingerprint density at radius 3 is 1.87 bits per heavy atom. The number of nitrogens with zero attached hydrogens (tertiary/aromatic N) is 2. The first kappa shape index (κ1) is 32.6. The lowest BCUT2D eigenvalue weighted by atomic mass is 9.97. The predicted octanol–water partition coefficient (Wildman–Crippen LogP) is 8.86. The van der Waals surface area contributed by atoms with E-state index >= 15 is 0 Å². The van der Waals surface area contributed by atoms with Crippen LogP contribution in [0.15, 0.2) is 63.0 Å². The maximum atomic E-state index is 14.9. The molecule has 13 heteroatoms. The van der Waals surface area contributed by atoms with Crippen molar-refractivity contribution in [2.75, 3.05) is 35.2 Å². The van der Waals surface area contributed by atoms with E-state index in [2.05, 4.69) is 24.1 Å². The molecule has 6 rings (SSSR count). The summed E-state index contributed by atoms with van der Waals surface area (Å²) in [7, 11) is -9.29. The molecule has 5 aromatic rings. The number of hydrogen-bond acceptors (Lipinski definition) is 8. The van der Waals surface area contributed by atoms with Crippen LogP contribution in [0.5, 0.6) is 0 Å². The van der Waals surface area contributed by atoms with Gasteiger partial charge in [0.25, 0.3) is 20.0 Å². The van der Waals surface area contributed by atoms with E-state index in [1.807, 2.05) is 6.07 Å². The maximum absolute atomic E-state index is 14.9. The molecule has 7 nitrogen and oxygen atoms in total. The Bertz CT molecular complexity index is 2040. The number of benzene rings is 3. The van der Waals surface area contributed by atoms with Gasteiger partial charge in [-0.25, -0.2) is 0 Å². The molecule has 0 bridgehead atoms. The lowest BCUT2D eigenvalue weighted by Crippen LogP contribution is -2.37. The molecule has 0 fully saturated rings.